The largest absolute Gasteiger partial charge is 0.490 e. The summed E-state index contributed by atoms with van der Waals surface area (Å²) in [7, 11) is 3.90. The van der Waals surface area contributed by atoms with Crippen LogP contribution in [0, 0.1) is 0 Å². The van der Waals surface area contributed by atoms with Crippen LogP contribution in [0.1, 0.15) is 49.4 Å². The van der Waals surface area contributed by atoms with Gasteiger partial charge in [0.2, 0.25) is 0 Å². The predicted molar refractivity (Wildman–Crippen MR) is 165 cm³/mol. The maximum atomic E-state index is 13.5. The number of nitrogens with zero attached hydrogens (tertiary/aromatic N) is 4. The topological polar surface area (TPSA) is 164 Å². The molecule has 3 N–H and O–H groups in total. The van der Waals surface area contributed by atoms with E-state index in [9.17, 15) is 32.7 Å². The molecular weight excluding hydrogens is 639 g/mol. The number of benzene rings is 1. The number of ether oxygens (including phenoxy) is 2. The second-order valence-electron chi connectivity index (χ2n) is 12.4. The third kappa shape index (κ3) is 6.34. The second kappa shape index (κ2) is 12.8. The number of nitrogens with one attached hydrogen (secondary N) is 1. The molecule has 0 aliphatic carbocycles. The highest BCUT2D eigenvalue weighted by Crippen LogP contribution is 2.40. The van der Waals surface area contributed by atoms with Crippen LogP contribution in [0.3, 0.4) is 0 Å². The number of rotatable bonds is 4. The SMILES string of the molecule is CC[C@@]1(O)C(=O)OCc2c1cc1n(c2=O)Cc2cc3c(CN(C)C)c(OC(=O)N4C[C@@H](C)NC[C@@H]4C)ccc3nc2-1.O=C(O)C(F)(F)F. The van der Waals surface area contributed by atoms with Crippen molar-refractivity contribution in [2.24, 2.45) is 0 Å². The Bertz CT molecular complexity index is 1860. The molecule has 1 fully saturated rings. The van der Waals surface area contributed by atoms with Gasteiger partial charge in [0.25, 0.3) is 5.56 Å². The average molecular weight is 676 g/mol. The van der Waals surface area contributed by atoms with E-state index < -0.39 is 23.7 Å². The van der Waals surface area contributed by atoms with E-state index in [1.165, 1.54) is 0 Å². The van der Waals surface area contributed by atoms with Crippen molar-refractivity contribution >= 4 is 28.9 Å². The number of aliphatic carboxylic acids is 1. The fourth-order valence-electron chi connectivity index (χ4n) is 6.09. The van der Waals surface area contributed by atoms with Crippen molar-refractivity contribution in [2.45, 2.75) is 70.7 Å². The number of hydrogen-bond acceptors (Lipinski definition) is 10. The Morgan fingerprint density at radius 2 is 1.90 bits per heavy atom. The normalized spacial score (nSPS) is 21.5. The van der Waals surface area contributed by atoms with Crippen LogP contribution in [-0.2, 0) is 39.6 Å². The van der Waals surface area contributed by atoms with Crippen molar-refractivity contribution < 1.29 is 47.2 Å². The number of aromatic nitrogens is 2. The molecule has 1 aromatic carbocycles. The van der Waals surface area contributed by atoms with Gasteiger partial charge in [-0.15, -0.1) is 0 Å². The van der Waals surface area contributed by atoms with Gasteiger partial charge in [0.05, 0.1) is 29.0 Å². The maximum Gasteiger partial charge on any atom is 0.490 e. The molecule has 0 unspecified atom stereocenters. The Balaban J connectivity index is 0.000000582. The van der Waals surface area contributed by atoms with E-state index in [1.807, 2.05) is 45.0 Å². The maximum absolute atomic E-state index is 13.5. The summed E-state index contributed by atoms with van der Waals surface area (Å²) in [6.07, 6.45) is -5.38. The van der Waals surface area contributed by atoms with Gasteiger partial charge in [0.1, 0.15) is 12.4 Å². The number of alkyl halides is 3. The highest BCUT2D eigenvalue weighted by Gasteiger charge is 2.45. The van der Waals surface area contributed by atoms with Gasteiger partial charge in [-0.05, 0) is 58.6 Å². The Hall–Kier alpha value is -4.54. The fraction of sp³-hybridized carbons (Fsp3) is 0.469. The third-order valence-corrected chi connectivity index (χ3v) is 8.67. The number of amides is 1. The summed E-state index contributed by atoms with van der Waals surface area (Å²) in [5.74, 6) is -3.03. The summed E-state index contributed by atoms with van der Waals surface area (Å²) < 4.78 is 44.5. The minimum absolute atomic E-state index is 0.00934. The van der Waals surface area contributed by atoms with Crippen LogP contribution < -0.4 is 15.6 Å². The number of piperazine rings is 1. The number of carbonyl (C=O) groups excluding carboxylic acids is 2. The summed E-state index contributed by atoms with van der Waals surface area (Å²) in [6, 6.07) is 7.49. The van der Waals surface area contributed by atoms with E-state index in [2.05, 4.69) is 5.32 Å². The number of carboxylic acid groups (broad SMARTS) is 1. The lowest BCUT2D eigenvalue weighted by atomic mass is 9.86. The van der Waals surface area contributed by atoms with Crippen LogP contribution in [0.2, 0.25) is 0 Å². The molecule has 2 aromatic heterocycles. The number of fused-ring (bicyclic) bond motifs is 5. The van der Waals surface area contributed by atoms with Crippen molar-refractivity contribution in [1.82, 2.24) is 24.7 Å². The van der Waals surface area contributed by atoms with Crippen molar-refractivity contribution in [1.29, 1.82) is 0 Å². The van der Waals surface area contributed by atoms with E-state index in [-0.39, 0.29) is 47.9 Å². The van der Waals surface area contributed by atoms with Crippen LogP contribution in [0.5, 0.6) is 5.75 Å². The summed E-state index contributed by atoms with van der Waals surface area (Å²) in [4.78, 5) is 56.8. The minimum Gasteiger partial charge on any atom is -0.475 e. The lowest BCUT2D eigenvalue weighted by Gasteiger charge is -2.36. The first-order valence-electron chi connectivity index (χ1n) is 15.3. The van der Waals surface area contributed by atoms with Gasteiger partial charge in [-0.2, -0.15) is 13.2 Å². The Kier molecular flexibility index (Phi) is 9.29. The molecule has 1 saturated heterocycles. The number of hydrogen-bond donors (Lipinski definition) is 3. The monoisotopic (exact) mass is 675 g/mol. The lowest BCUT2D eigenvalue weighted by Crippen LogP contribution is -2.56. The zero-order chi connectivity index (χ0) is 35.3. The van der Waals surface area contributed by atoms with Crippen LogP contribution in [-0.4, -0.2) is 93.0 Å². The lowest BCUT2D eigenvalue weighted by molar-refractivity contribution is -0.192. The second-order valence-corrected chi connectivity index (χ2v) is 12.4. The molecule has 13 nitrogen and oxygen atoms in total. The number of halogens is 3. The third-order valence-electron chi connectivity index (χ3n) is 8.67. The first kappa shape index (κ1) is 34.8. The first-order valence-corrected chi connectivity index (χ1v) is 15.3. The number of esters is 1. The van der Waals surface area contributed by atoms with Crippen molar-refractivity contribution in [3.05, 3.63) is 56.9 Å². The first-order chi connectivity index (χ1) is 22.5. The molecule has 0 spiro atoms. The molecule has 258 valence electrons. The smallest absolute Gasteiger partial charge is 0.475 e. The number of carboxylic acids is 1. The van der Waals surface area contributed by atoms with Gasteiger partial charge in [0.15, 0.2) is 5.60 Å². The minimum atomic E-state index is -5.08. The van der Waals surface area contributed by atoms with E-state index in [0.29, 0.717) is 48.8 Å². The Morgan fingerprint density at radius 1 is 1.21 bits per heavy atom. The van der Waals surface area contributed by atoms with Crippen LogP contribution >= 0.6 is 0 Å². The summed E-state index contributed by atoms with van der Waals surface area (Å²) in [6.45, 7) is 7.61. The van der Waals surface area contributed by atoms with E-state index in [1.54, 1.807) is 28.5 Å². The van der Waals surface area contributed by atoms with Gasteiger partial charge in [-0.3, -0.25) is 4.79 Å². The van der Waals surface area contributed by atoms with Crippen molar-refractivity contribution in [3.63, 3.8) is 0 Å². The molecule has 3 aliphatic rings. The molecule has 1 amide bonds. The molecule has 5 heterocycles. The standard InChI is InChI=1S/C30H35N5O6.C2HF3O2/c1-6-30(39)22-10-24-26-18(13-35(24)27(36)21(22)15-40-28(30)37)9-19-20(14-33(4)5)25(8-7-23(19)32-26)41-29(38)34-12-16(2)31-11-17(34)3;3-2(4,5)1(6)7/h7-10,16-17,31,39H,6,11-15H2,1-5H3;(H,6,7)/t16-,17+,30+;/m1./s1. The van der Waals surface area contributed by atoms with E-state index >= 15 is 0 Å². The molecular formula is C32H36F3N5O8. The van der Waals surface area contributed by atoms with Gasteiger partial charge in [-0.25, -0.2) is 19.4 Å². The molecule has 3 aromatic rings. The number of pyridine rings is 2. The predicted octanol–water partition coefficient (Wildman–Crippen LogP) is 2.96. The van der Waals surface area contributed by atoms with Gasteiger partial charge < -0.3 is 39.4 Å². The van der Waals surface area contributed by atoms with E-state index in [0.717, 1.165) is 16.5 Å². The van der Waals surface area contributed by atoms with Crippen molar-refractivity contribution in [3.8, 4) is 17.1 Å². The highest BCUT2D eigenvalue weighted by atomic mass is 19.4. The molecule has 6 rings (SSSR count). The molecule has 3 atom stereocenters. The van der Waals surface area contributed by atoms with Crippen LogP contribution in [0.25, 0.3) is 22.3 Å². The van der Waals surface area contributed by atoms with Crippen LogP contribution in [0.15, 0.2) is 29.1 Å². The molecule has 0 bridgehead atoms. The molecule has 0 saturated carbocycles. The van der Waals surface area contributed by atoms with Gasteiger partial charge >= 0.3 is 24.2 Å². The highest BCUT2D eigenvalue weighted by molar-refractivity contribution is 5.90. The van der Waals surface area contributed by atoms with Gasteiger partial charge in [-0.1, -0.05) is 6.92 Å². The number of cyclic esters (lactones) is 1. The fourth-order valence-corrected chi connectivity index (χ4v) is 6.09. The summed E-state index contributed by atoms with van der Waals surface area (Å²) >= 11 is 0. The molecule has 16 heteroatoms. The number of aliphatic hydroxyl groups is 1. The summed E-state index contributed by atoms with van der Waals surface area (Å²) in [5, 5.41) is 22.5. The average Bonchev–Trinajstić information content (AvgIpc) is 3.38. The number of carbonyl (C=O) groups is 3. The van der Waals surface area contributed by atoms with Gasteiger partial charge in [0, 0.05) is 53.8 Å². The molecule has 3 aliphatic heterocycles. The zero-order valence-corrected chi connectivity index (χ0v) is 27.0. The van der Waals surface area contributed by atoms with E-state index in [4.69, 9.17) is 24.4 Å². The summed E-state index contributed by atoms with van der Waals surface area (Å²) in [5.41, 5.74) is 1.92. The Morgan fingerprint density at radius 3 is 2.52 bits per heavy atom. The zero-order valence-electron chi connectivity index (χ0n) is 27.0. The van der Waals surface area contributed by atoms with Crippen LogP contribution in [0.4, 0.5) is 18.0 Å². The Labute approximate surface area is 272 Å². The molecule has 0 radical (unpaired) electrons. The quantitative estimate of drug-likeness (QED) is 0.273. The molecule has 48 heavy (non-hydrogen) atoms. The van der Waals surface area contributed by atoms with Crippen molar-refractivity contribution in [2.75, 3.05) is 27.2 Å².